The summed E-state index contributed by atoms with van der Waals surface area (Å²) in [5, 5.41) is 8.92. The first-order valence-electron chi connectivity index (χ1n) is 6.59. The van der Waals surface area contributed by atoms with E-state index in [1.807, 2.05) is 0 Å². The van der Waals surface area contributed by atoms with Crippen molar-refractivity contribution in [2.45, 2.75) is 20.3 Å². The molecule has 2 rings (SSSR count). The zero-order chi connectivity index (χ0) is 14.9. The van der Waals surface area contributed by atoms with Gasteiger partial charge >= 0.3 is 5.97 Å². The van der Waals surface area contributed by atoms with Crippen LogP contribution in [0.15, 0.2) is 24.3 Å². The molecule has 0 spiro atoms. The van der Waals surface area contributed by atoms with Crippen LogP contribution < -0.4 is 0 Å². The van der Waals surface area contributed by atoms with Gasteiger partial charge < -0.3 is 5.11 Å². The fourth-order valence-electron chi connectivity index (χ4n) is 2.35. The van der Waals surface area contributed by atoms with Crippen molar-refractivity contribution in [3.05, 3.63) is 35.4 Å². The molecule has 0 saturated carbocycles. The number of carboxylic acid groups (broad SMARTS) is 1. The molecule has 0 aliphatic carbocycles. The molecule has 5 heteroatoms. The average Bonchev–Trinajstić information content (AvgIpc) is 2.62. The highest BCUT2D eigenvalue weighted by molar-refractivity contribution is 6.04. The predicted molar refractivity (Wildman–Crippen MR) is 72.2 cm³/mol. The quantitative estimate of drug-likeness (QED) is 0.846. The summed E-state index contributed by atoms with van der Waals surface area (Å²) in [6.07, 6.45) is 0.470. The van der Waals surface area contributed by atoms with Crippen molar-refractivity contribution in [1.82, 2.24) is 4.90 Å². The lowest BCUT2D eigenvalue weighted by molar-refractivity contribution is -0.139. The Balaban J connectivity index is 2.06. The van der Waals surface area contributed by atoms with Crippen molar-refractivity contribution in [3.63, 3.8) is 0 Å². The number of aromatic carboxylic acids is 1. The molecule has 2 amide bonds. The van der Waals surface area contributed by atoms with E-state index in [4.69, 9.17) is 5.11 Å². The largest absolute Gasteiger partial charge is 0.478 e. The van der Waals surface area contributed by atoms with Gasteiger partial charge in [-0.2, -0.15) is 0 Å². The van der Waals surface area contributed by atoms with Crippen molar-refractivity contribution in [3.8, 4) is 0 Å². The van der Waals surface area contributed by atoms with Crippen LogP contribution in [-0.2, 0) is 16.0 Å². The van der Waals surface area contributed by atoms with Crippen LogP contribution in [-0.4, -0.2) is 34.3 Å². The van der Waals surface area contributed by atoms with E-state index in [2.05, 4.69) is 0 Å². The maximum atomic E-state index is 11.9. The van der Waals surface area contributed by atoms with Crippen LogP contribution >= 0.6 is 0 Å². The number of rotatable bonds is 4. The number of amides is 2. The SMILES string of the molecule is CC1C(=O)N(CCc2cccc(C(=O)O)c2)C(=O)C1C. The Morgan fingerprint density at radius 2 is 1.80 bits per heavy atom. The third-order valence-corrected chi connectivity index (χ3v) is 3.86. The molecular weight excluding hydrogens is 258 g/mol. The molecular formula is C15H17NO4. The Morgan fingerprint density at radius 3 is 2.35 bits per heavy atom. The topological polar surface area (TPSA) is 74.7 Å². The number of carboxylic acids is 1. The zero-order valence-electron chi connectivity index (χ0n) is 11.5. The van der Waals surface area contributed by atoms with Gasteiger partial charge in [-0.25, -0.2) is 4.79 Å². The van der Waals surface area contributed by atoms with Crippen LogP contribution in [0.2, 0.25) is 0 Å². The fraction of sp³-hybridized carbons (Fsp3) is 0.400. The second-order valence-electron chi connectivity index (χ2n) is 5.16. The van der Waals surface area contributed by atoms with E-state index in [1.165, 1.54) is 11.0 Å². The monoisotopic (exact) mass is 275 g/mol. The second-order valence-corrected chi connectivity index (χ2v) is 5.16. The minimum atomic E-state index is -0.984. The summed E-state index contributed by atoms with van der Waals surface area (Å²) >= 11 is 0. The molecule has 5 nitrogen and oxygen atoms in total. The number of imide groups is 1. The number of carbonyl (C=O) groups excluding carboxylic acids is 2. The Morgan fingerprint density at radius 1 is 1.20 bits per heavy atom. The van der Waals surface area contributed by atoms with Crippen molar-refractivity contribution in [2.24, 2.45) is 11.8 Å². The first-order valence-corrected chi connectivity index (χ1v) is 6.59. The molecule has 1 aromatic carbocycles. The maximum Gasteiger partial charge on any atom is 0.335 e. The highest BCUT2D eigenvalue weighted by Crippen LogP contribution is 2.25. The zero-order valence-corrected chi connectivity index (χ0v) is 11.5. The molecule has 1 heterocycles. The molecule has 2 unspecified atom stereocenters. The molecule has 1 fully saturated rings. The van der Waals surface area contributed by atoms with Crippen LogP contribution in [0.4, 0.5) is 0 Å². The number of carbonyl (C=O) groups is 3. The van der Waals surface area contributed by atoms with E-state index in [9.17, 15) is 14.4 Å². The van der Waals surface area contributed by atoms with E-state index >= 15 is 0 Å². The van der Waals surface area contributed by atoms with Crippen molar-refractivity contribution in [2.75, 3.05) is 6.54 Å². The van der Waals surface area contributed by atoms with Crippen LogP contribution in [0.3, 0.4) is 0 Å². The third-order valence-electron chi connectivity index (χ3n) is 3.86. The minimum Gasteiger partial charge on any atom is -0.478 e. The van der Waals surface area contributed by atoms with Gasteiger partial charge in [-0.1, -0.05) is 26.0 Å². The van der Waals surface area contributed by atoms with Crippen molar-refractivity contribution in [1.29, 1.82) is 0 Å². The summed E-state index contributed by atoms with van der Waals surface area (Å²) in [7, 11) is 0. The first kappa shape index (κ1) is 14.2. The lowest BCUT2D eigenvalue weighted by atomic mass is 10.00. The number of hydrogen-bond donors (Lipinski definition) is 1. The average molecular weight is 275 g/mol. The van der Waals surface area contributed by atoms with Crippen molar-refractivity contribution >= 4 is 17.8 Å². The molecule has 1 saturated heterocycles. The van der Waals surface area contributed by atoms with E-state index < -0.39 is 5.97 Å². The summed E-state index contributed by atoms with van der Waals surface area (Å²) < 4.78 is 0. The van der Waals surface area contributed by atoms with E-state index in [0.717, 1.165) is 5.56 Å². The van der Waals surface area contributed by atoms with E-state index in [1.54, 1.807) is 32.0 Å². The van der Waals surface area contributed by atoms with Gasteiger partial charge in [0.1, 0.15) is 0 Å². The highest BCUT2D eigenvalue weighted by Gasteiger charge is 2.41. The number of likely N-dealkylation sites (tertiary alicyclic amines) is 1. The molecule has 20 heavy (non-hydrogen) atoms. The molecule has 1 aliphatic rings. The summed E-state index contributed by atoms with van der Waals surface area (Å²) in [5.41, 5.74) is 1.01. The fourth-order valence-corrected chi connectivity index (χ4v) is 2.35. The van der Waals surface area contributed by atoms with Crippen LogP contribution in [0.5, 0.6) is 0 Å². The van der Waals surface area contributed by atoms with Crippen LogP contribution in [0.1, 0.15) is 29.8 Å². The lowest BCUT2D eigenvalue weighted by Gasteiger charge is -2.14. The Kier molecular flexibility index (Phi) is 3.88. The number of hydrogen-bond acceptors (Lipinski definition) is 3. The molecule has 106 valence electrons. The number of benzene rings is 1. The third kappa shape index (κ3) is 2.57. The smallest absolute Gasteiger partial charge is 0.335 e. The first-order chi connectivity index (χ1) is 9.41. The molecule has 2 atom stereocenters. The summed E-state index contributed by atoms with van der Waals surface area (Å²) in [6, 6.07) is 6.55. The van der Waals surface area contributed by atoms with Crippen LogP contribution in [0, 0.1) is 11.8 Å². The van der Waals surface area contributed by atoms with Gasteiger partial charge in [0, 0.05) is 18.4 Å². The van der Waals surface area contributed by atoms with E-state index in [-0.39, 0.29) is 29.2 Å². The summed E-state index contributed by atoms with van der Waals surface area (Å²) in [4.78, 5) is 36.0. The molecule has 1 N–H and O–H groups in total. The molecule has 1 aromatic rings. The van der Waals surface area contributed by atoms with Gasteiger partial charge in [0.2, 0.25) is 11.8 Å². The molecule has 0 bridgehead atoms. The Bertz CT molecular complexity index is 547. The summed E-state index contributed by atoms with van der Waals surface area (Å²) in [5.74, 6) is -1.81. The lowest BCUT2D eigenvalue weighted by Crippen LogP contribution is -2.32. The van der Waals surface area contributed by atoms with E-state index in [0.29, 0.717) is 13.0 Å². The van der Waals surface area contributed by atoms with Gasteiger partial charge in [-0.15, -0.1) is 0 Å². The van der Waals surface area contributed by atoms with Gasteiger partial charge in [-0.3, -0.25) is 14.5 Å². The van der Waals surface area contributed by atoms with Crippen LogP contribution in [0.25, 0.3) is 0 Å². The van der Waals surface area contributed by atoms with Gasteiger partial charge in [0.25, 0.3) is 0 Å². The second kappa shape index (κ2) is 5.45. The van der Waals surface area contributed by atoms with Gasteiger partial charge in [0.15, 0.2) is 0 Å². The normalized spacial score (nSPS) is 22.4. The molecule has 0 radical (unpaired) electrons. The number of nitrogens with zero attached hydrogens (tertiary/aromatic N) is 1. The standard InChI is InChI=1S/C15H17NO4/c1-9-10(2)14(18)16(13(9)17)7-6-11-4-3-5-12(8-11)15(19)20/h3-5,8-10H,6-7H2,1-2H3,(H,19,20). The van der Waals surface area contributed by atoms with Crippen molar-refractivity contribution < 1.29 is 19.5 Å². The summed E-state index contributed by atoms with van der Waals surface area (Å²) in [6.45, 7) is 3.82. The predicted octanol–water partition coefficient (Wildman–Crippen LogP) is 1.57. The highest BCUT2D eigenvalue weighted by atomic mass is 16.4. The Hall–Kier alpha value is -2.17. The minimum absolute atomic E-state index is 0.142. The van der Waals surface area contributed by atoms with Gasteiger partial charge in [0.05, 0.1) is 5.56 Å². The molecule has 0 aromatic heterocycles. The van der Waals surface area contributed by atoms with Gasteiger partial charge in [-0.05, 0) is 24.1 Å². The molecule has 1 aliphatic heterocycles. The Labute approximate surface area is 117 Å². The maximum absolute atomic E-state index is 11.9.